The van der Waals surface area contributed by atoms with Crippen LogP contribution in [0.5, 0.6) is 0 Å². The van der Waals surface area contributed by atoms with Gasteiger partial charge in [-0.15, -0.1) is 0 Å². The Balaban J connectivity index is 0.000000360. The third kappa shape index (κ3) is 2.28. The van der Waals surface area contributed by atoms with Crippen molar-refractivity contribution in [3.05, 3.63) is 0 Å². The maximum atomic E-state index is 3.80. The standard InChI is InChI=1S/C4H8N2.H2O/c1-2-4-6-5-3-1;/h1-4H2;1H2. The Morgan fingerprint density at radius 1 is 0.857 bits per heavy atom. The monoisotopic (exact) mass is 102 g/mol. The molecule has 0 aromatic rings. The van der Waals surface area contributed by atoms with Gasteiger partial charge in [0.05, 0.1) is 13.1 Å². The van der Waals surface area contributed by atoms with Crippen LogP contribution in [0.1, 0.15) is 12.8 Å². The van der Waals surface area contributed by atoms with Crippen molar-refractivity contribution >= 4 is 0 Å². The van der Waals surface area contributed by atoms with Gasteiger partial charge in [-0.1, -0.05) is 0 Å². The van der Waals surface area contributed by atoms with Gasteiger partial charge in [-0.3, -0.25) is 0 Å². The lowest BCUT2D eigenvalue weighted by molar-refractivity contribution is 0.650. The molecule has 1 rings (SSSR count). The molecule has 0 radical (unpaired) electrons. The van der Waals surface area contributed by atoms with E-state index in [1.165, 1.54) is 12.8 Å². The first kappa shape index (κ1) is 6.56. The van der Waals surface area contributed by atoms with E-state index in [9.17, 15) is 0 Å². The highest BCUT2D eigenvalue weighted by molar-refractivity contribution is 4.50. The summed E-state index contributed by atoms with van der Waals surface area (Å²) in [6.45, 7) is 1.92. The number of nitrogens with zero attached hydrogens (tertiary/aromatic N) is 2. The summed E-state index contributed by atoms with van der Waals surface area (Å²) in [5.74, 6) is 0. The molecule has 2 N–H and O–H groups in total. The van der Waals surface area contributed by atoms with Crippen LogP contribution in [0.4, 0.5) is 0 Å². The fraction of sp³-hybridized carbons (Fsp3) is 1.00. The van der Waals surface area contributed by atoms with E-state index < -0.39 is 0 Å². The smallest absolute Gasteiger partial charge is 0.0599 e. The van der Waals surface area contributed by atoms with E-state index in [0.29, 0.717) is 0 Å². The summed E-state index contributed by atoms with van der Waals surface area (Å²) in [5.41, 5.74) is 0. The molecule has 0 saturated carbocycles. The van der Waals surface area contributed by atoms with Gasteiger partial charge in [0.2, 0.25) is 0 Å². The zero-order chi connectivity index (χ0) is 4.24. The van der Waals surface area contributed by atoms with Gasteiger partial charge in [0, 0.05) is 0 Å². The van der Waals surface area contributed by atoms with Crippen LogP contribution >= 0.6 is 0 Å². The molecule has 0 unspecified atom stereocenters. The van der Waals surface area contributed by atoms with Crippen LogP contribution in [0.2, 0.25) is 0 Å². The Bertz CT molecular complexity index is 54.7. The fourth-order valence-electron chi connectivity index (χ4n) is 0.506. The van der Waals surface area contributed by atoms with Gasteiger partial charge in [-0.25, -0.2) is 0 Å². The van der Waals surface area contributed by atoms with Crippen LogP contribution in [0.3, 0.4) is 0 Å². The molecule has 0 aromatic heterocycles. The van der Waals surface area contributed by atoms with Gasteiger partial charge in [-0.2, -0.15) is 10.2 Å². The normalized spacial score (nSPS) is 18.3. The van der Waals surface area contributed by atoms with Crippen LogP contribution in [0.25, 0.3) is 0 Å². The summed E-state index contributed by atoms with van der Waals surface area (Å²) < 4.78 is 0. The molecule has 7 heavy (non-hydrogen) atoms. The molecule has 0 aliphatic carbocycles. The molecule has 0 bridgehead atoms. The lowest BCUT2D eigenvalue weighted by Gasteiger charge is -1.96. The zero-order valence-electron chi connectivity index (χ0n) is 4.22. The Morgan fingerprint density at radius 3 is 1.43 bits per heavy atom. The SMILES string of the molecule is C1CCN=NC1.O. The van der Waals surface area contributed by atoms with Crippen molar-refractivity contribution in [3.8, 4) is 0 Å². The van der Waals surface area contributed by atoms with Crippen molar-refractivity contribution in [2.45, 2.75) is 12.8 Å². The second-order valence-electron chi connectivity index (χ2n) is 1.44. The van der Waals surface area contributed by atoms with Crippen LogP contribution in [0.15, 0.2) is 10.2 Å². The molecule has 0 spiro atoms. The lowest BCUT2D eigenvalue weighted by Crippen LogP contribution is -1.89. The topological polar surface area (TPSA) is 56.2 Å². The fourth-order valence-corrected chi connectivity index (χ4v) is 0.506. The van der Waals surface area contributed by atoms with Gasteiger partial charge in [0.15, 0.2) is 0 Å². The third-order valence-electron chi connectivity index (χ3n) is 0.866. The highest BCUT2D eigenvalue weighted by atomic mass is 16.0. The highest BCUT2D eigenvalue weighted by Crippen LogP contribution is 1.96. The quantitative estimate of drug-likeness (QED) is 0.425. The second kappa shape index (κ2) is 3.74. The van der Waals surface area contributed by atoms with E-state index in [2.05, 4.69) is 10.2 Å². The van der Waals surface area contributed by atoms with E-state index in [-0.39, 0.29) is 5.48 Å². The Hall–Kier alpha value is -0.440. The predicted octanol–water partition coefficient (Wildman–Crippen LogP) is 0.408. The molecule has 42 valence electrons. The molecular weight excluding hydrogens is 92.1 g/mol. The van der Waals surface area contributed by atoms with Crippen molar-refractivity contribution in [2.75, 3.05) is 13.1 Å². The molecular formula is C4H10N2O. The van der Waals surface area contributed by atoms with Crippen molar-refractivity contribution < 1.29 is 5.48 Å². The Morgan fingerprint density at radius 2 is 1.29 bits per heavy atom. The van der Waals surface area contributed by atoms with Crippen molar-refractivity contribution in [3.63, 3.8) is 0 Å². The van der Waals surface area contributed by atoms with Crippen LogP contribution in [0, 0.1) is 0 Å². The van der Waals surface area contributed by atoms with E-state index >= 15 is 0 Å². The second-order valence-corrected chi connectivity index (χ2v) is 1.44. The first-order valence-electron chi connectivity index (χ1n) is 2.33. The minimum atomic E-state index is 0. The van der Waals surface area contributed by atoms with Crippen molar-refractivity contribution in [1.29, 1.82) is 0 Å². The van der Waals surface area contributed by atoms with Gasteiger partial charge < -0.3 is 5.48 Å². The molecule has 1 aliphatic rings. The molecule has 1 aliphatic heterocycles. The summed E-state index contributed by atoms with van der Waals surface area (Å²) in [5, 5.41) is 7.60. The summed E-state index contributed by atoms with van der Waals surface area (Å²) in [6.07, 6.45) is 2.48. The van der Waals surface area contributed by atoms with E-state index in [4.69, 9.17) is 0 Å². The maximum absolute atomic E-state index is 3.80. The summed E-state index contributed by atoms with van der Waals surface area (Å²) >= 11 is 0. The minimum Gasteiger partial charge on any atom is -0.412 e. The molecule has 0 aromatic carbocycles. The van der Waals surface area contributed by atoms with Crippen molar-refractivity contribution in [1.82, 2.24) is 0 Å². The molecule has 0 amide bonds. The van der Waals surface area contributed by atoms with Gasteiger partial charge in [0.1, 0.15) is 0 Å². The van der Waals surface area contributed by atoms with E-state index in [1.807, 2.05) is 0 Å². The Labute approximate surface area is 42.8 Å². The number of azo groups is 1. The highest BCUT2D eigenvalue weighted by Gasteiger charge is 1.89. The van der Waals surface area contributed by atoms with Gasteiger partial charge >= 0.3 is 0 Å². The van der Waals surface area contributed by atoms with Crippen molar-refractivity contribution in [2.24, 2.45) is 10.2 Å². The first-order chi connectivity index (χ1) is 3.00. The number of hydrogen-bond acceptors (Lipinski definition) is 2. The minimum absolute atomic E-state index is 0. The maximum Gasteiger partial charge on any atom is 0.0599 e. The summed E-state index contributed by atoms with van der Waals surface area (Å²) in [4.78, 5) is 0. The van der Waals surface area contributed by atoms with Crippen LogP contribution < -0.4 is 0 Å². The van der Waals surface area contributed by atoms with E-state index in [1.54, 1.807) is 0 Å². The summed E-state index contributed by atoms with van der Waals surface area (Å²) in [7, 11) is 0. The van der Waals surface area contributed by atoms with Gasteiger partial charge in [-0.05, 0) is 12.8 Å². The Kier molecular flexibility index (Phi) is 3.50. The molecule has 0 atom stereocenters. The average Bonchev–Trinajstić information content (AvgIpc) is 1.72. The first-order valence-corrected chi connectivity index (χ1v) is 2.33. The van der Waals surface area contributed by atoms with Crippen LogP contribution in [-0.2, 0) is 0 Å². The molecule has 1 heterocycles. The third-order valence-corrected chi connectivity index (χ3v) is 0.866. The largest absolute Gasteiger partial charge is 0.412 e. The predicted molar refractivity (Wildman–Crippen MR) is 27.4 cm³/mol. The number of rotatable bonds is 0. The molecule has 3 nitrogen and oxygen atoms in total. The van der Waals surface area contributed by atoms with E-state index in [0.717, 1.165) is 13.1 Å². The van der Waals surface area contributed by atoms with Crippen LogP contribution in [-0.4, -0.2) is 18.6 Å². The molecule has 0 fully saturated rings. The molecule has 0 saturated heterocycles. The number of hydrogen-bond donors (Lipinski definition) is 0. The lowest BCUT2D eigenvalue weighted by atomic mass is 10.3. The zero-order valence-corrected chi connectivity index (χ0v) is 4.22. The van der Waals surface area contributed by atoms with Gasteiger partial charge in [0.25, 0.3) is 0 Å². The summed E-state index contributed by atoms with van der Waals surface area (Å²) in [6, 6.07) is 0. The molecule has 3 heteroatoms. The average molecular weight is 102 g/mol.